The minimum absolute atomic E-state index is 0. The molecule has 144 valence electrons. The standard InChI is InChI=1S/C21H26N4O.ClH/c1-6-15-9-7-8-14(2)17(15)12-22-18-10-16(21(26)24(3)4)11-19-20(18)23-13-25(19)5;/h7-11,13,22H,6,12H2,1-5H3;1H. The average Bonchev–Trinajstić information content (AvgIpc) is 3.00. The molecule has 0 aliphatic heterocycles. The van der Waals surface area contributed by atoms with E-state index in [0.717, 1.165) is 23.1 Å². The number of hydrogen-bond acceptors (Lipinski definition) is 3. The van der Waals surface area contributed by atoms with Crippen LogP contribution in [0.1, 0.15) is 34.0 Å². The van der Waals surface area contributed by atoms with Gasteiger partial charge in [-0.15, -0.1) is 12.4 Å². The van der Waals surface area contributed by atoms with Crippen molar-refractivity contribution in [2.24, 2.45) is 7.05 Å². The monoisotopic (exact) mass is 386 g/mol. The van der Waals surface area contributed by atoms with Gasteiger partial charge in [-0.1, -0.05) is 25.1 Å². The van der Waals surface area contributed by atoms with E-state index >= 15 is 0 Å². The van der Waals surface area contributed by atoms with Crippen molar-refractivity contribution in [3.63, 3.8) is 0 Å². The van der Waals surface area contributed by atoms with Crippen molar-refractivity contribution < 1.29 is 4.79 Å². The summed E-state index contributed by atoms with van der Waals surface area (Å²) >= 11 is 0. The third-order valence-corrected chi connectivity index (χ3v) is 4.83. The summed E-state index contributed by atoms with van der Waals surface area (Å²) in [6, 6.07) is 10.2. The molecule has 0 fully saturated rings. The predicted octanol–water partition coefficient (Wildman–Crippen LogP) is 4.18. The number of halogens is 1. The average molecular weight is 387 g/mol. The van der Waals surface area contributed by atoms with E-state index in [4.69, 9.17) is 0 Å². The van der Waals surface area contributed by atoms with Crippen LogP contribution in [-0.4, -0.2) is 34.5 Å². The second-order valence-electron chi connectivity index (χ2n) is 6.87. The molecule has 0 aliphatic carbocycles. The number of nitrogens with one attached hydrogen (secondary N) is 1. The molecule has 5 nitrogen and oxygen atoms in total. The number of aryl methyl sites for hydroxylation is 3. The van der Waals surface area contributed by atoms with Crippen LogP contribution in [0.15, 0.2) is 36.7 Å². The Morgan fingerprint density at radius 2 is 2.00 bits per heavy atom. The van der Waals surface area contributed by atoms with Gasteiger partial charge in [0.1, 0.15) is 5.52 Å². The second kappa shape index (κ2) is 8.44. The quantitative estimate of drug-likeness (QED) is 0.715. The van der Waals surface area contributed by atoms with Crippen LogP contribution in [0.5, 0.6) is 0 Å². The number of aromatic nitrogens is 2. The summed E-state index contributed by atoms with van der Waals surface area (Å²) < 4.78 is 1.94. The van der Waals surface area contributed by atoms with E-state index < -0.39 is 0 Å². The molecule has 0 unspecified atom stereocenters. The van der Waals surface area contributed by atoms with Crippen LogP contribution in [0.4, 0.5) is 5.69 Å². The number of nitrogens with zero attached hydrogens (tertiary/aromatic N) is 3. The van der Waals surface area contributed by atoms with Crippen molar-refractivity contribution in [3.05, 3.63) is 58.9 Å². The SMILES string of the molecule is CCc1cccc(C)c1CNc1cc(C(=O)N(C)C)cc2c1ncn2C.Cl. The highest BCUT2D eigenvalue weighted by molar-refractivity contribution is 6.01. The summed E-state index contributed by atoms with van der Waals surface area (Å²) in [6.45, 7) is 5.02. The Bertz CT molecular complexity index is 962. The van der Waals surface area contributed by atoms with E-state index in [9.17, 15) is 4.79 Å². The van der Waals surface area contributed by atoms with Crippen molar-refractivity contribution in [1.82, 2.24) is 14.5 Å². The number of hydrogen-bond donors (Lipinski definition) is 1. The first-order valence-electron chi connectivity index (χ1n) is 8.90. The molecule has 0 atom stereocenters. The lowest BCUT2D eigenvalue weighted by atomic mass is 10.00. The third-order valence-electron chi connectivity index (χ3n) is 4.83. The molecule has 2 aromatic carbocycles. The Morgan fingerprint density at radius 3 is 2.67 bits per heavy atom. The van der Waals surface area contributed by atoms with Crippen LogP contribution in [0.3, 0.4) is 0 Å². The van der Waals surface area contributed by atoms with Crippen molar-refractivity contribution in [3.8, 4) is 0 Å². The normalized spacial score (nSPS) is 10.6. The first kappa shape index (κ1) is 20.8. The van der Waals surface area contributed by atoms with Gasteiger partial charge in [0.05, 0.1) is 17.5 Å². The molecule has 1 amide bonds. The maximum atomic E-state index is 12.5. The van der Waals surface area contributed by atoms with Crippen LogP contribution in [-0.2, 0) is 20.0 Å². The second-order valence-corrected chi connectivity index (χ2v) is 6.87. The molecule has 0 bridgehead atoms. The zero-order valence-corrected chi connectivity index (χ0v) is 17.4. The lowest BCUT2D eigenvalue weighted by Gasteiger charge is -2.16. The predicted molar refractivity (Wildman–Crippen MR) is 114 cm³/mol. The topological polar surface area (TPSA) is 50.2 Å². The van der Waals surface area contributed by atoms with Gasteiger partial charge in [-0.05, 0) is 42.2 Å². The number of carbonyl (C=O) groups is 1. The van der Waals surface area contributed by atoms with Gasteiger partial charge < -0.3 is 14.8 Å². The van der Waals surface area contributed by atoms with Gasteiger partial charge in [-0.3, -0.25) is 4.79 Å². The van der Waals surface area contributed by atoms with Gasteiger partial charge >= 0.3 is 0 Å². The number of imidazole rings is 1. The number of anilines is 1. The van der Waals surface area contributed by atoms with Crippen LogP contribution >= 0.6 is 12.4 Å². The van der Waals surface area contributed by atoms with Crippen LogP contribution in [0.25, 0.3) is 11.0 Å². The molecular formula is C21H27ClN4O. The van der Waals surface area contributed by atoms with Gasteiger partial charge in [0.15, 0.2) is 0 Å². The molecule has 27 heavy (non-hydrogen) atoms. The highest BCUT2D eigenvalue weighted by Crippen LogP contribution is 2.26. The van der Waals surface area contributed by atoms with Gasteiger partial charge in [0.25, 0.3) is 5.91 Å². The van der Waals surface area contributed by atoms with E-state index in [1.807, 2.05) is 23.7 Å². The van der Waals surface area contributed by atoms with Gasteiger partial charge in [0.2, 0.25) is 0 Å². The Labute approximate surface area is 166 Å². The zero-order chi connectivity index (χ0) is 18.8. The molecule has 3 rings (SSSR count). The Morgan fingerprint density at radius 1 is 1.26 bits per heavy atom. The van der Waals surface area contributed by atoms with Crippen molar-refractivity contribution in [2.45, 2.75) is 26.8 Å². The molecule has 1 N–H and O–H groups in total. The molecule has 3 aromatic rings. The number of amides is 1. The number of rotatable bonds is 5. The molecule has 1 heterocycles. The minimum atomic E-state index is -0.0127. The summed E-state index contributed by atoms with van der Waals surface area (Å²) in [4.78, 5) is 18.6. The maximum absolute atomic E-state index is 12.5. The van der Waals surface area contributed by atoms with Gasteiger partial charge in [-0.2, -0.15) is 0 Å². The van der Waals surface area contributed by atoms with E-state index in [1.54, 1.807) is 25.3 Å². The van der Waals surface area contributed by atoms with Crippen molar-refractivity contribution in [2.75, 3.05) is 19.4 Å². The Balaban J connectivity index is 0.00000261. The van der Waals surface area contributed by atoms with Crippen molar-refractivity contribution in [1.29, 1.82) is 0 Å². The van der Waals surface area contributed by atoms with Gasteiger partial charge in [0, 0.05) is 33.3 Å². The van der Waals surface area contributed by atoms with E-state index in [2.05, 4.69) is 42.3 Å². The zero-order valence-electron chi connectivity index (χ0n) is 16.5. The van der Waals surface area contributed by atoms with Crippen LogP contribution in [0.2, 0.25) is 0 Å². The fourth-order valence-electron chi connectivity index (χ4n) is 3.28. The number of fused-ring (bicyclic) bond motifs is 1. The molecule has 0 spiro atoms. The first-order chi connectivity index (χ1) is 12.4. The summed E-state index contributed by atoms with van der Waals surface area (Å²) in [5, 5.41) is 3.52. The van der Waals surface area contributed by atoms with E-state index in [0.29, 0.717) is 12.1 Å². The molecule has 0 radical (unpaired) electrons. The molecule has 0 saturated carbocycles. The summed E-state index contributed by atoms with van der Waals surface area (Å²) in [7, 11) is 5.48. The van der Waals surface area contributed by atoms with Gasteiger partial charge in [-0.25, -0.2) is 4.98 Å². The summed E-state index contributed by atoms with van der Waals surface area (Å²) in [5.74, 6) is -0.0127. The number of carbonyl (C=O) groups excluding carboxylic acids is 1. The third kappa shape index (κ3) is 4.08. The van der Waals surface area contributed by atoms with Crippen LogP contribution in [0, 0.1) is 6.92 Å². The van der Waals surface area contributed by atoms with E-state index in [-0.39, 0.29) is 18.3 Å². The summed E-state index contributed by atoms with van der Waals surface area (Å²) in [5.41, 5.74) is 7.30. The largest absolute Gasteiger partial charge is 0.379 e. The molecule has 6 heteroatoms. The Kier molecular flexibility index (Phi) is 6.50. The highest BCUT2D eigenvalue weighted by Gasteiger charge is 2.15. The lowest BCUT2D eigenvalue weighted by molar-refractivity contribution is 0.0828. The molecule has 0 aliphatic rings. The molecular weight excluding hydrogens is 360 g/mol. The highest BCUT2D eigenvalue weighted by atomic mass is 35.5. The minimum Gasteiger partial charge on any atom is -0.379 e. The van der Waals surface area contributed by atoms with E-state index in [1.165, 1.54) is 16.7 Å². The number of benzene rings is 2. The van der Waals surface area contributed by atoms with Crippen LogP contribution < -0.4 is 5.32 Å². The summed E-state index contributed by atoms with van der Waals surface area (Å²) in [6.07, 6.45) is 2.78. The Hall–Kier alpha value is -2.53. The maximum Gasteiger partial charge on any atom is 0.253 e. The fourth-order valence-corrected chi connectivity index (χ4v) is 3.28. The molecule has 1 aromatic heterocycles. The smallest absolute Gasteiger partial charge is 0.253 e. The lowest BCUT2D eigenvalue weighted by Crippen LogP contribution is -2.21. The first-order valence-corrected chi connectivity index (χ1v) is 8.90. The van der Waals surface area contributed by atoms with Crippen molar-refractivity contribution >= 4 is 35.0 Å². The molecule has 0 saturated heterocycles. The fraction of sp³-hybridized carbons (Fsp3) is 0.333.